The molecule has 1 aliphatic heterocycles. The molecule has 0 atom stereocenters. The van der Waals surface area contributed by atoms with Gasteiger partial charge in [0.15, 0.2) is 0 Å². The van der Waals surface area contributed by atoms with E-state index in [-0.39, 0.29) is 11.3 Å². The number of benzene rings is 1. The van der Waals surface area contributed by atoms with Gasteiger partial charge in [0.2, 0.25) is 0 Å². The maximum atomic E-state index is 12.7. The van der Waals surface area contributed by atoms with E-state index >= 15 is 0 Å². The number of amides is 1. The van der Waals surface area contributed by atoms with Crippen molar-refractivity contribution in [2.45, 2.75) is 32.1 Å². The van der Waals surface area contributed by atoms with E-state index in [0.717, 1.165) is 18.4 Å². The molecule has 0 bridgehead atoms. The molecule has 2 heterocycles. The van der Waals surface area contributed by atoms with Crippen molar-refractivity contribution in [1.29, 1.82) is 0 Å². The van der Waals surface area contributed by atoms with E-state index in [2.05, 4.69) is 27.3 Å². The number of furan rings is 1. The second kappa shape index (κ2) is 7.52. The Bertz CT molecular complexity index is 781. The number of rotatable bonds is 4. The predicted octanol–water partition coefficient (Wildman–Crippen LogP) is 4.79. The quantitative estimate of drug-likeness (QED) is 0.764. The Morgan fingerprint density at radius 3 is 2.60 bits per heavy atom. The lowest BCUT2D eigenvalue weighted by molar-refractivity contribution is 0.0487. The van der Waals surface area contributed by atoms with Crippen molar-refractivity contribution in [3.05, 3.63) is 56.4 Å². The van der Waals surface area contributed by atoms with Crippen LogP contribution in [-0.2, 0) is 10.2 Å². The van der Waals surface area contributed by atoms with Crippen LogP contribution in [0.25, 0.3) is 0 Å². The summed E-state index contributed by atoms with van der Waals surface area (Å²) in [5, 5.41) is 3.80. The summed E-state index contributed by atoms with van der Waals surface area (Å²) < 4.78 is 11.8. The van der Waals surface area contributed by atoms with Crippen molar-refractivity contribution in [2.24, 2.45) is 0 Å². The van der Waals surface area contributed by atoms with E-state index in [0.29, 0.717) is 46.3 Å². The lowest BCUT2D eigenvalue weighted by Gasteiger charge is -2.38. The van der Waals surface area contributed by atoms with Crippen molar-refractivity contribution < 1.29 is 13.9 Å². The maximum absolute atomic E-state index is 12.7. The summed E-state index contributed by atoms with van der Waals surface area (Å²) in [7, 11) is 0. The number of carbonyl (C=O) groups excluding carboxylic acids is 1. The number of halogens is 2. The summed E-state index contributed by atoms with van der Waals surface area (Å²) >= 11 is 9.64. The van der Waals surface area contributed by atoms with E-state index in [1.807, 2.05) is 25.1 Å². The molecule has 1 aliphatic rings. The summed E-state index contributed by atoms with van der Waals surface area (Å²) in [6, 6.07) is 7.89. The summed E-state index contributed by atoms with van der Waals surface area (Å²) in [5.41, 5.74) is 1.53. The van der Waals surface area contributed by atoms with Gasteiger partial charge in [-0.3, -0.25) is 4.79 Å². The van der Waals surface area contributed by atoms with Gasteiger partial charge in [-0.25, -0.2) is 0 Å². The number of aryl methyl sites for hydroxylation is 2. The average molecular weight is 427 g/mol. The highest BCUT2D eigenvalue weighted by molar-refractivity contribution is 9.10. The van der Waals surface area contributed by atoms with Crippen LogP contribution in [0.1, 0.15) is 40.3 Å². The highest BCUT2D eigenvalue weighted by Crippen LogP contribution is 2.36. The van der Waals surface area contributed by atoms with Crippen molar-refractivity contribution >= 4 is 33.4 Å². The molecule has 134 valence electrons. The fourth-order valence-electron chi connectivity index (χ4n) is 3.40. The summed E-state index contributed by atoms with van der Waals surface area (Å²) in [6.07, 6.45) is 1.69. The number of nitrogens with one attached hydrogen (secondary N) is 1. The van der Waals surface area contributed by atoms with E-state index in [9.17, 15) is 4.79 Å². The van der Waals surface area contributed by atoms with Crippen LogP contribution in [0.2, 0.25) is 5.02 Å². The van der Waals surface area contributed by atoms with Crippen LogP contribution in [0, 0.1) is 13.8 Å². The molecule has 4 nitrogen and oxygen atoms in total. The number of carbonyl (C=O) groups is 1. The second-order valence-corrected chi connectivity index (χ2v) is 7.72. The van der Waals surface area contributed by atoms with Crippen LogP contribution in [0.4, 0.5) is 0 Å². The highest BCUT2D eigenvalue weighted by Gasteiger charge is 2.35. The molecule has 1 aromatic heterocycles. The minimum atomic E-state index is -0.169. The average Bonchev–Trinajstić information content (AvgIpc) is 2.86. The lowest BCUT2D eigenvalue weighted by Crippen LogP contribution is -2.44. The van der Waals surface area contributed by atoms with Crippen molar-refractivity contribution in [3.8, 4) is 0 Å². The van der Waals surface area contributed by atoms with Crippen LogP contribution in [0.15, 0.2) is 33.2 Å². The Hall–Kier alpha value is -1.30. The predicted molar refractivity (Wildman–Crippen MR) is 101 cm³/mol. The Morgan fingerprint density at radius 1 is 1.28 bits per heavy atom. The van der Waals surface area contributed by atoms with Gasteiger partial charge in [0.1, 0.15) is 11.5 Å². The fourth-order valence-corrected chi connectivity index (χ4v) is 4.13. The molecule has 0 aliphatic carbocycles. The first kappa shape index (κ1) is 18.5. The Balaban J connectivity index is 1.83. The van der Waals surface area contributed by atoms with Crippen LogP contribution in [0.3, 0.4) is 0 Å². The smallest absolute Gasteiger partial charge is 0.256 e. The molecular formula is C19H21BrClNO3. The van der Waals surface area contributed by atoms with Crippen molar-refractivity contribution in [2.75, 3.05) is 19.8 Å². The molecular weight excluding hydrogens is 406 g/mol. The van der Waals surface area contributed by atoms with E-state index in [4.69, 9.17) is 20.8 Å². The SMILES string of the molecule is Cc1oc(C)c(C(=O)NCC2(c3cccc(Cl)c3)CCOCC2)c1Br. The largest absolute Gasteiger partial charge is 0.465 e. The van der Waals surface area contributed by atoms with Gasteiger partial charge in [-0.15, -0.1) is 0 Å². The third-order valence-electron chi connectivity index (χ3n) is 4.89. The van der Waals surface area contributed by atoms with Crippen LogP contribution in [0.5, 0.6) is 0 Å². The lowest BCUT2D eigenvalue weighted by atomic mass is 9.74. The molecule has 1 aromatic carbocycles. The van der Waals surface area contributed by atoms with E-state index < -0.39 is 0 Å². The van der Waals surface area contributed by atoms with Gasteiger partial charge < -0.3 is 14.5 Å². The van der Waals surface area contributed by atoms with Crippen molar-refractivity contribution in [3.63, 3.8) is 0 Å². The zero-order valence-corrected chi connectivity index (χ0v) is 16.7. The Kier molecular flexibility index (Phi) is 5.56. The fraction of sp³-hybridized carbons (Fsp3) is 0.421. The zero-order chi connectivity index (χ0) is 18.0. The van der Waals surface area contributed by atoms with Crippen molar-refractivity contribution in [1.82, 2.24) is 5.32 Å². The number of ether oxygens (including phenoxy) is 1. The molecule has 25 heavy (non-hydrogen) atoms. The topological polar surface area (TPSA) is 51.5 Å². The number of hydrogen-bond acceptors (Lipinski definition) is 3. The minimum absolute atomic E-state index is 0.130. The van der Waals surface area contributed by atoms with E-state index in [1.165, 1.54) is 0 Å². The summed E-state index contributed by atoms with van der Waals surface area (Å²) in [6.45, 7) is 5.52. The van der Waals surface area contributed by atoms with Crippen LogP contribution >= 0.6 is 27.5 Å². The molecule has 3 rings (SSSR count). The molecule has 0 unspecified atom stereocenters. The third kappa shape index (κ3) is 3.78. The standard InChI is InChI=1S/C19H21BrClNO3/c1-12-16(17(20)13(2)25-12)18(23)22-11-19(6-8-24-9-7-19)14-4-3-5-15(21)10-14/h3-5,10H,6-9,11H2,1-2H3,(H,22,23). The first-order valence-electron chi connectivity index (χ1n) is 8.30. The molecule has 2 aromatic rings. The second-order valence-electron chi connectivity index (χ2n) is 6.49. The highest BCUT2D eigenvalue weighted by atomic mass is 79.9. The molecule has 0 radical (unpaired) electrons. The van der Waals surface area contributed by atoms with Gasteiger partial charge in [0, 0.05) is 30.2 Å². The number of hydrogen-bond donors (Lipinski definition) is 1. The molecule has 1 amide bonds. The van der Waals surface area contributed by atoms with Gasteiger partial charge in [-0.1, -0.05) is 23.7 Å². The normalized spacial score (nSPS) is 16.6. The van der Waals surface area contributed by atoms with Gasteiger partial charge in [0.05, 0.1) is 10.0 Å². The monoisotopic (exact) mass is 425 g/mol. The Morgan fingerprint density at radius 2 is 2.00 bits per heavy atom. The van der Waals surface area contributed by atoms with Gasteiger partial charge in [-0.05, 0) is 60.3 Å². The minimum Gasteiger partial charge on any atom is -0.465 e. The summed E-state index contributed by atoms with van der Waals surface area (Å²) in [5.74, 6) is 1.19. The van der Waals surface area contributed by atoms with Crippen LogP contribution < -0.4 is 5.32 Å². The maximum Gasteiger partial charge on any atom is 0.256 e. The first-order valence-corrected chi connectivity index (χ1v) is 9.47. The molecule has 0 spiro atoms. The van der Waals surface area contributed by atoms with Gasteiger partial charge in [0.25, 0.3) is 5.91 Å². The molecule has 1 fully saturated rings. The van der Waals surface area contributed by atoms with E-state index in [1.54, 1.807) is 6.92 Å². The third-order valence-corrected chi connectivity index (χ3v) is 6.08. The van der Waals surface area contributed by atoms with Gasteiger partial charge in [-0.2, -0.15) is 0 Å². The Labute approximate surface area is 161 Å². The molecule has 1 N–H and O–H groups in total. The zero-order valence-electron chi connectivity index (χ0n) is 14.3. The summed E-state index contributed by atoms with van der Waals surface area (Å²) in [4.78, 5) is 12.7. The first-order chi connectivity index (χ1) is 11.9. The van der Waals surface area contributed by atoms with Gasteiger partial charge >= 0.3 is 0 Å². The molecule has 0 saturated carbocycles. The molecule has 6 heteroatoms. The molecule has 1 saturated heterocycles. The van der Waals surface area contributed by atoms with Crippen LogP contribution in [-0.4, -0.2) is 25.7 Å².